The number of rotatable bonds is 6. The normalized spacial score (nSPS) is 11.8. The third-order valence-electron chi connectivity index (χ3n) is 3.20. The molecule has 1 atom stereocenters. The lowest BCUT2D eigenvalue weighted by atomic mass is 10.1. The Morgan fingerprint density at radius 1 is 1.00 bits per heavy atom. The van der Waals surface area contributed by atoms with E-state index in [9.17, 15) is 4.79 Å². The summed E-state index contributed by atoms with van der Waals surface area (Å²) in [5, 5.41) is 0. The van der Waals surface area contributed by atoms with Crippen molar-refractivity contribution in [1.82, 2.24) is 0 Å². The maximum atomic E-state index is 11.3. The zero-order valence-corrected chi connectivity index (χ0v) is 12.9. The smallest absolute Gasteiger partial charge is 0.322 e. The van der Waals surface area contributed by atoms with Crippen LogP contribution in [0.2, 0.25) is 0 Å². The van der Waals surface area contributed by atoms with E-state index in [0.29, 0.717) is 6.61 Å². The zero-order chi connectivity index (χ0) is 15.9. The van der Waals surface area contributed by atoms with Gasteiger partial charge in [0.25, 0.3) is 0 Å². The summed E-state index contributed by atoms with van der Waals surface area (Å²) in [6.07, 6.45) is 0. The Morgan fingerprint density at radius 3 is 2.09 bits per heavy atom. The fourth-order valence-electron chi connectivity index (χ4n) is 1.82. The van der Waals surface area contributed by atoms with Crippen LogP contribution in [0, 0.1) is 6.92 Å². The summed E-state index contributed by atoms with van der Waals surface area (Å²) in [4.78, 5) is 11.3. The van der Waals surface area contributed by atoms with Gasteiger partial charge in [-0.05, 0) is 37.1 Å². The van der Waals surface area contributed by atoms with Crippen molar-refractivity contribution in [2.24, 2.45) is 5.73 Å². The van der Waals surface area contributed by atoms with Crippen molar-refractivity contribution in [3.8, 4) is 5.75 Å². The van der Waals surface area contributed by atoms with Crippen molar-refractivity contribution in [3.05, 3.63) is 65.2 Å². The number of carbonyl (C=O) groups excluding carboxylic acids is 1. The molecule has 0 fully saturated rings. The Balaban J connectivity index is 1.84. The summed E-state index contributed by atoms with van der Waals surface area (Å²) < 4.78 is 10.8. The Bertz CT molecular complexity index is 603. The minimum Gasteiger partial charge on any atom is -0.489 e. The molecule has 0 radical (unpaired) electrons. The van der Waals surface area contributed by atoms with E-state index in [1.165, 1.54) is 5.56 Å². The molecule has 0 bridgehead atoms. The molecule has 22 heavy (non-hydrogen) atoms. The van der Waals surface area contributed by atoms with Gasteiger partial charge in [-0.3, -0.25) is 4.79 Å². The van der Waals surface area contributed by atoms with E-state index in [4.69, 9.17) is 15.2 Å². The minimum atomic E-state index is -0.595. The highest BCUT2D eigenvalue weighted by molar-refractivity contribution is 5.74. The number of hydrogen-bond donors (Lipinski definition) is 1. The summed E-state index contributed by atoms with van der Waals surface area (Å²) in [5.74, 6) is 0.451. The standard InChI is InChI=1S/C18H21NO3/c1-13-3-9-17(10-4-13)21-11-15-5-7-16(8-6-15)12-22-18(20)14(2)19/h3-10,14H,11-12,19H2,1-2H3/t14-/m1/s1. The highest BCUT2D eigenvalue weighted by Gasteiger charge is 2.08. The number of esters is 1. The zero-order valence-electron chi connectivity index (χ0n) is 12.9. The Labute approximate surface area is 130 Å². The topological polar surface area (TPSA) is 61.5 Å². The Morgan fingerprint density at radius 2 is 1.55 bits per heavy atom. The van der Waals surface area contributed by atoms with Crippen LogP contribution < -0.4 is 10.5 Å². The predicted octanol–water partition coefficient (Wildman–Crippen LogP) is 2.96. The molecular weight excluding hydrogens is 278 g/mol. The third kappa shape index (κ3) is 4.90. The van der Waals surface area contributed by atoms with Crippen molar-refractivity contribution in [2.75, 3.05) is 0 Å². The van der Waals surface area contributed by atoms with Crippen LogP contribution in [-0.2, 0) is 22.7 Å². The summed E-state index contributed by atoms with van der Waals surface area (Å²) in [5.41, 5.74) is 8.63. The van der Waals surface area contributed by atoms with Crippen LogP contribution >= 0.6 is 0 Å². The van der Waals surface area contributed by atoms with Crippen LogP contribution in [-0.4, -0.2) is 12.0 Å². The number of nitrogens with two attached hydrogens (primary N) is 1. The van der Waals surface area contributed by atoms with Crippen molar-refractivity contribution in [2.45, 2.75) is 33.1 Å². The highest BCUT2D eigenvalue weighted by Crippen LogP contribution is 2.14. The van der Waals surface area contributed by atoms with Gasteiger partial charge in [0, 0.05) is 0 Å². The molecule has 0 saturated carbocycles. The summed E-state index contributed by atoms with van der Waals surface area (Å²) >= 11 is 0. The molecule has 2 rings (SSSR count). The van der Waals surface area contributed by atoms with Gasteiger partial charge in [-0.25, -0.2) is 0 Å². The first-order valence-electron chi connectivity index (χ1n) is 7.24. The van der Waals surface area contributed by atoms with E-state index in [2.05, 4.69) is 0 Å². The SMILES string of the molecule is Cc1ccc(OCc2ccc(COC(=O)[C@@H](C)N)cc2)cc1. The third-order valence-corrected chi connectivity index (χ3v) is 3.20. The van der Waals surface area contributed by atoms with Crippen molar-refractivity contribution >= 4 is 5.97 Å². The average molecular weight is 299 g/mol. The van der Waals surface area contributed by atoms with E-state index in [1.807, 2.05) is 55.5 Å². The van der Waals surface area contributed by atoms with Gasteiger partial charge in [0.05, 0.1) is 0 Å². The minimum absolute atomic E-state index is 0.236. The molecule has 116 valence electrons. The fourth-order valence-corrected chi connectivity index (χ4v) is 1.82. The molecule has 0 unspecified atom stereocenters. The van der Waals surface area contributed by atoms with Gasteiger partial charge in [0.2, 0.25) is 0 Å². The number of benzene rings is 2. The first-order valence-corrected chi connectivity index (χ1v) is 7.24. The van der Waals surface area contributed by atoms with E-state index < -0.39 is 12.0 Å². The highest BCUT2D eigenvalue weighted by atomic mass is 16.5. The van der Waals surface area contributed by atoms with E-state index in [-0.39, 0.29) is 6.61 Å². The maximum absolute atomic E-state index is 11.3. The molecule has 0 aliphatic heterocycles. The number of hydrogen-bond acceptors (Lipinski definition) is 4. The molecule has 2 N–H and O–H groups in total. The van der Waals surface area contributed by atoms with Crippen LogP contribution in [0.25, 0.3) is 0 Å². The first kappa shape index (κ1) is 16.0. The number of aryl methyl sites for hydroxylation is 1. The second kappa shape index (κ2) is 7.61. The molecule has 4 nitrogen and oxygen atoms in total. The maximum Gasteiger partial charge on any atom is 0.322 e. The molecule has 0 saturated heterocycles. The van der Waals surface area contributed by atoms with Crippen LogP contribution in [0.1, 0.15) is 23.6 Å². The molecule has 2 aromatic rings. The van der Waals surface area contributed by atoms with Crippen LogP contribution in [0.5, 0.6) is 5.75 Å². The Hall–Kier alpha value is -2.33. The van der Waals surface area contributed by atoms with Crippen LogP contribution in [0.3, 0.4) is 0 Å². The lowest BCUT2D eigenvalue weighted by Crippen LogP contribution is -2.28. The lowest BCUT2D eigenvalue weighted by molar-refractivity contribution is -0.146. The van der Waals surface area contributed by atoms with Gasteiger partial charge in [0.1, 0.15) is 25.0 Å². The van der Waals surface area contributed by atoms with Gasteiger partial charge in [-0.15, -0.1) is 0 Å². The predicted molar refractivity (Wildman–Crippen MR) is 85.4 cm³/mol. The van der Waals surface area contributed by atoms with E-state index in [0.717, 1.165) is 16.9 Å². The lowest BCUT2D eigenvalue weighted by Gasteiger charge is -2.09. The summed E-state index contributed by atoms with van der Waals surface area (Å²) in [6, 6.07) is 15.1. The van der Waals surface area contributed by atoms with E-state index >= 15 is 0 Å². The quantitative estimate of drug-likeness (QED) is 0.833. The second-order valence-corrected chi connectivity index (χ2v) is 5.31. The molecule has 0 heterocycles. The molecule has 0 aromatic heterocycles. The van der Waals surface area contributed by atoms with Gasteiger partial charge >= 0.3 is 5.97 Å². The molecule has 4 heteroatoms. The molecule has 0 amide bonds. The fraction of sp³-hybridized carbons (Fsp3) is 0.278. The van der Waals surface area contributed by atoms with Gasteiger partial charge in [0.15, 0.2) is 0 Å². The van der Waals surface area contributed by atoms with Crippen molar-refractivity contribution < 1.29 is 14.3 Å². The monoisotopic (exact) mass is 299 g/mol. The Kier molecular flexibility index (Phi) is 5.55. The van der Waals surface area contributed by atoms with Gasteiger partial charge in [-0.2, -0.15) is 0 Å². The first-order chi connectivity index (χ1) is 10.5. The van der Waals surface area contributed by atoms with Crippen molar-refractivity contribution in [3.63, 3.8) is 0 Å². The number of ether oxygens (including phenoxy) is 2. The molecule has 0 aliphatic rings. The number of carbonyl (C=O) groups is 1. The van der Waals surface area contributed by atoms with E-state index in [1.54, 1.807) is 6.92 Å². The second-order valence-electron chi connectivity index (χ2n) is 5.31. The largest absolute Gasteiger partial charge is 0.489 e. The average Bonchev–Trinajstić information content (AvgIpc) is 2.53. The van der Waals surface area contributed by atoms with Gasteiger partial charge < -0.3 is 15.2 Å². The molecule has 0 aliphatic carbocycles. The molecular formula is C18H21NO3. The molecule has 2 aromatic carbocycles. The van der Waals surface area contributed by atoms with Crippen LogP contribution in [0.4, 0.5) is 0 Å². The van der Waals surface area contributed by atoms with Crippen LogP contribution in [0.15, 0.2) is 48.5 Å². The van der Waals surface area contributed by atoms with Crippen molar-refractivity contribution in [1.29, 1.82) is 0 Å². The van der Waals surface area contributed by atoms with Gasteiger partial charge in [-0.1, -0.05) is 42.0 Å². The molecule has 0 spiro atoms. The summed E-state index contributed by atoms with van der Waals surface area (Å²) in [7, 11) is 0. The summed E-state index contributed by atoms with van der Waals surface area (Å²) in [6.45, 7) is 4.39.